The molecular formula is C16H10F2N2. The number of benzene rings is 2. The fourth-order valence-corrected chi connectivity index (χ4v) is 2.29. The van der Waals surface area contributed by atoms with Crippen molar-refractivity contribution in [2.75, 3.05) is 0 Å². The summed E-state index contributed by atoms with van der Waals surface area (Å²) in [6.45, 7) is 0.296. The number of fused-ring (bicyclic) bond motifs is 1. The van der Waals surface area contributed by atoms with E-state index >= 15 is 0 Å². The van der Waals surface area contributed by atoms with Gasteiger partial charge < -0.3 is 4.57 Å². The van der Waals surface area contributed by atoms with Crippen molar-refractivity contribution in [3.05, 3.63) is 71.4 Å². The van der Waals surface area contributed by atoms with Crippen LogP contribution in [0, 0.1) is 23.0 Å². The lowest BCUT2D eigenvalue weighted by Crippen LogP contribution is -2.01. The van der Waals surface area contributed by atoms with Gasteiger partial charge in [-0.2, -0.15) is 5.26 Å². The first-order valence-corrected chi connectivity index (χ1v) is 6.11. The van der Waals surface area contributed by atoms with Gasteiger partial charge in [0.05, 0.1) is 18.2 Å². The normalized spacial score (nSPS) is 10.7. The fraction of sp³-hybridized carbons (Fsp3) is 0.0625. The average Bonchev–Trinajstić information content (AvgIpc) is 2.85. The van der Waals surface area contributed by atoms with Crippen LogP contribution in [0.5, 0.6) is 0 Å². The van der Waals surface area contributed by atoms with E-state index in [2.05, 4.69) is 6.07 Å². The minimum absolute atomic E-state index is 0.296. The second-order valence-corrected chi connectivity index (χ2v) is 4.53. The third-order valence-electron chi connectivity index (χ3n) is 3.29. The van der Waals surface area contributed by atoms with Crippen LogP contribution in [0.1, 0.15) is 11.1 Å². The van der Waals surface area contributed by atoms with Crippen LogP contribution >= 0.6 is 0 Å². The molecule has 20 heavy (non-hydrogen) atoms. The van der Waals surface area contributed by atoms with E-state index in [9.17, 15) is 8.78 Å². The highest BCUT2D eigenvalue weighted by Gasteiger charge is 2.08. The van der Waals surface area contributed by atoms with E-state index in [0.717, 1.165) is 17.0 Å². The molecule has 0 saturated carbocycles. The third-order valence-corrected chi connectivity index (χ3v) is 3.29. The molecule has 3 aromatic rings. The van der Waals surface area contributed by atoms with Gasteiger partial charge in [-0.25, -0.2) is 8.78 Å². The number of nitriles is 1. The zero-order valence-corrected chi connectivity index (χ0v) is 10.5. The van der Waals surface area contributed by atoms with Crippen LogP contribution in [0.2, 0.25) is 0 Å². The molecule has 3 rings (SSSR count). The molecule has 2 aromatic carbocycles. The molecule has 0 aliphatic carbocycles. The van der Waals surface area contributed by atoms with Crippen molar-refractivity contribution in [3.63, 3.8) is 0 Å². The van der Waals surface area contributed by atoms with Gasteiger partial charge in [0.1, 0.15) is 11.6 Å². The lowest BCUT2D eigenvalue weighted by Gasteiger charge is -2.07. The predicted octanol–water partition coefficient (Wildman–Crippen LogP) is 3.84. The van der Waals surface area contributed by atoms with Crippen molar-refractivity contribution in [1.82, 2.24) is 4.57 Å². The summed E-state index contributed by atoms with van der Waals surface area (Å²) in [4.78, 5) is 0. The molecule has 0 amide bonds. The number of halogens is 2. The molecule has 98 valence electrons. The van der Waals surface area contributed by atoms with E-state index in [1.165, 1.54) is 12.1 Å². The summed E-state index contributed by atoms with van der Waals surface area (Å²) in [7, 11) is 0. The van der Waals surface area contributed by atoms with Crippen molar-refractivity contribution in [2.24, 2.45) is 0 Å². The molecule has 2 nitrogen and oxygen atoms in total. The summed E-state index contributed by atoms with van der Waals surface area (Å²) in [6, 6.07) is 12.9. The SMILES string of the molecule is N#Cc1cccc2c1ccn2Cc1ccc(F)cc1F. The maximum Gasteiger partial charge on any atom is 0.131 e. The van der Waals surface area contributed by atoms with Crippen molar-refractivity contribution in [1.29, 1.82) is 5.26 Å². The van der Waals surface area contributed by atoms with Gasteiger partial charge in [0.2, 0.25) is 0 Å². The number of hydrogen-bond donors (Lipinski definition) is 0. The maximum absolute atomic E-state index is 13.7. The molecule has 1 heterocycles. The van der Waals surface area contributed by atoms with Gasteiger partial charge in [0.15, 0.2) is 0 Å². The summed E-state index contributed by atoms with van der Waals surface area (Å²) in [5, 5.41) is 9.88. The van der Waals surface area contributed by atoms with Crippen LogP contribution < -0.4 is 0 Å². The zero-order valence-electron chi connectivity index (χ0n) is 10.5. The van der Waals surface area contributed by atoms with Crippen LogP contribution in [-0.4, -0.2) is 4.57 Å². The molecule has 0 radical (unpaired) electrons. The molecule has 0 unspecified atom stereocenters. The first kappa shape index (κ1) is 12.4. The number of hydrogen-bond acceptors (Lipinski definition) is 1. The number of rotatable bonds is 2. The molecule has 0 fully saturated rings. The summed E-state index contributed by atoms with van der Waals surface area (Å²) in [5.41, 5.74) is 1.85. The minimum Gasteiger partial charge on any atom is -0.343 e. The quantitative estimate of drug-likeness (QED) is 0.694. The Morgan fingerprint density at radius 2 is 1.95 bits per heavy atom. The standard InChI is InChI=1S/C16H10F2N2/c17-13-5-4-12(15(18)8-13)10-20-7-6-14-11(9-19)2-1-3-16(14)20/h1-8H,10H2. The molecular weight excluding hydrogens is 258 g/mol. The van der Waals surface area contributed by atoms with Crippen molar-refractivity contribution >= 4 is 10.9 Å². The third kappa shape index (κ3) is 2.04. The summed E-state index contributed by atoms with van der Waals surface area (Å²) in [5.74, 6) is -1.15. The second-order valence-electron chi connectivity index (χ2n) is 4.53. The van der Waals surface area contributed by atoms with Crippen LogP contribution in [0.15, 0.2) is 48.7 Å². The van der Waals surface area contributed by atoms with Crippen LogP contribution in [0.4, 0.5) is 8.78 Å². The number of aromatic nitrogens is 1. The van der Waals surface area contributed by atoms with E-state index in [0.29, 0.717) is 17.7 Å². The highest BCUT2D eigenvalue weighted by Crippen LogP contribution is 2.21. The van der Waals surface area contributed by atoms with E-state index < -0.39 is 11.6 Å². The van der Waals surface area contributed by atoms with Crippen LogP contribution in [-0.2, 0) is 6.54 Å². The Morgan fingerprint density at radius 3 is 2.70 bits per heavy atom. The lowest BCUT2D eigenvalue weighted by molar-refractivity contribution is 0.567. The number of nitrogens with zero attached hydrogens (tertiary/aromatic N) is 2. The molecule has 0 N–H and O–H groups in total. The largest absolute Gasteiger partial charge is 0.343 e. The van der Waals surface area contributed by atoms with Crippen molar-refractivity contribution in [2.45, 2.75) is 6.54 Å². The molecule has 0 aliphatic heterocycles. The first-order chi connectivity index (χ1) is 9.69. The summed E-state index contributed by atoms with van der Waals surface area (Å²) < 4.78 is 28.4. The smallest absolute Gasteiger partial charge is 0.131 e. The van der Waals surface area contributed by atoms with Crippen molar-refractivity contribution in [3.8, 4) is 6.07 Å². The molecule has 0 atom stereocenters. The summed E-state index contributed by atoms with van der Waals surface area (Å²) >= 11 is 0. The highest BCUT2D eigenvalue weighted by molar-refractivity contribution is 5.86. The Balaban J connectivity index is 2.06. The monoisotopic (exact) mass is 268 g/mol. The Kier molecular flexibility index (Phi) is 2.96. The molecule has 0 bridgehead atoms. The van der Waals surface area contributed by atoms with Gasteiger partial charge in [-0.15, -0.1) is 0 Å². The highest BCUT2D eigenvalue weighted by atomic mass is 19.1. The van der Waals surface area contributed by atoms with Gasteiger partial charge in [0, 0.05) is 28.7 Å². The first-order valence-electron chi connectivity index (χ1n) is 6.11. The van der Waals surface area contributed by atoms with Gasteiger partial charge >= 0.3 is 0 Å². The molecule has 0 spiro atoms. The van der Waals surface area contributed by atoms with Gasteiger partial charge in [-0.3, -0.25) is 0 Å². The van der Waals surface area contributed by atoms with E-state index in [4.69, 9.17) is 5.26 Å². The van der Waals surface area contributed by atoms with Gasteiger partial charge in [0.25, 0.3) is 0 Å². The topological polar surface area (TPSA) is 28.7 Å². The van der Waals surface area contributed by atoms with E-state index in [1.807, 2.05) is 16.7 Å². The zero-order chi connectivity index (χ0) is 14.1. The fourth-order valence-electron chi connectivity index (χ4n) is 2.29. The van der Waals surface area contributed by atoms with Gasteiger partial charge in [-0.05, 0) is 24.3 Å². The van der Waals surface area contributed by atoms with E-state index in [1.54, 1.807) is 18.3 Å². The lowest BCUT2D eigenvalue weighted by atomic mass is 10.1. The maximum atomic E-state index is 13.7. The predicted molar refractivity (Wildman–Crippen MR) is 72.1 cm³/mol. The van der Waals surface area contributed by atoms with Crippen LogP contribution in [0.3, 0.4) is 0 Å². The molecule has 4 heteroatoms. The Bertz CT molecular complexity index is 828. The van der Waals surface area contributed by atoms with Crippen molar-refractivity contribution < 1.29 is 8.78 Å². The Morgan fingerprint density at radius 1 is 1.10 bits per heavy atom. The molecule has 0 aliphatic rings. The average molecular weight is 268 g/mol. The Hall–Kier alpha value is -2.67. The minimum atomic E-state index is -0.588. The molecule has 0 saturated heterocycles. The molecule has 1 aromatic heterocycles. The Labute approximate surface area is 114 Å². The van der Waals surface area contributed by atoms with Crippen LogP contribution in [0.25, 0.3) is 10.9 Å². The van der Waals surface area contributed by atoms with E-state index in [-0.39, 0.29) is 0 Å². The second kappa shape index (κ2) is 4.78. The summed E-state index contributed by atoms with van der Waals surface area (Å²) in [6.07, 6.45) is 1.80. The van der Waals surface area contributed by atoms with Gasteiger partial charge in [-0.1, -0.05) is 12.1 Å².